The number of carbonyl (C=O) groups is 1. The summed E-state index contributed by atoms with van der Waals surface area (Å²) in [4.78, 5) is 13.0. The molecule has 0 aliphatic heterocycles. The normalized spacial score (nSPS) is 27.0. The number of allylic oxidation sites excluding steroid dienone is 1. The predicted octanol–water partition coefficient (Wildman–Crippen LogP) is 8.29. The molecule has 0 aromatic carbocycles. The highest BCUT2D eigenvalue weighted by Crippen LogP contribution is 2.44. The Hall–Kier alpha value is -0.496. The van der Waals surface area contributed by atoms with Crippen molar-refractivity contribution in [2.24, 2.45) is 17.8 Å². The maximum atomic E-state index is 13.0. The molecule has 0 saturated heterocycles. The molecule has 0 spiro atoms. The molecule has 190 valence electrons. The zero-order chi connectivity index (χ0) is 25.2. The molecule has 2 fully saturated rings. The monoisotopic (exact) mass is 492 g/mol. The van der Waals surface area contributed by atoms with E-state index in [-0.39, 0.29) is 34.1 Å². The van der Waals surface area contributed by atoms with Crippen LogP contribution in [0, 0.1) is 17.8 Å². The Morgan fingerprint density at radius 3 is 2.03 bits per heavy atom. The van der Waals surface area contributed by atoms with Crippen molar-refractivity contribution in [3.05, 3.63) is 24.8 Å². The third-order valence-electron chi connectivity index (χ3n) is 9.01. The van der Waals surface area contributed by atoms with Gasteiger partial charge in [-0.25, -0.2) is 0 Å². The van der Waals surface area contributed by atoms with Crippen LogP contribution in [0.15, 0.2) is 24.8 Å². The van der Waals surface area contributed by atoms with E-state index in [0.29, 0.717) is 18.1 Å². The second-order valence-corrected chi connectivity index (χ2v) is 23.1. The van der Waals surface area contributed by atoms with Gasteiger partial charge >= 0.3 is 0 Å². The Morgan fingerprint density at radius 1 is 1.00 bits per heavy atom. The first-order valence-corrected chi connectivity index (χ1v) is 19.0. The molecular weight excluding hydrogens is 440 g/mol. The summed E-state index contributed by atoms with van der Waals surface area (Å²) < 4.78 is 13.8. The average molecular weight is 493 g/mol. The fourth-order valence-electron chi connectivity index (χ4n) is 4.69. The molecule has 3 nitrogen and oxygen atoms in total. The molecule has 0 N–H and O–H groups in total. The average Bonchev–Trinajstić information content (AvgIpc) is 3.26. The lowest BCUT2D eigenvalue weighted by Crippen LogP contribution is -2.45. The van der Waals surface area contributed by atoms with Gasteiger partial charge in [-0.2, -0.15) is 0 Å². The zero-order valence-corrected chi connectivity index (χ0v) is 25.3. The van der Waals surface area contributed by atoms with Crippen molar-refractivity contribution >= 4 is 22.4 Å². The number of ketones is 1. The van der Waals surface area contributed by atoms with Crippen LogP contribution in [0.4, 0.5) is 0 Å². The second-order valence-electron chi connectivity index (χ2n) is 13.6. The number of rotatable bonds is 9. The first-order chi connectivity index (χ1) is 15.0. The van der Waals surface area contributed by atoms with E-state index in [9.17, 15) is 4.79 Å². The molecule has 0 unspecified atom stereocenters. The highest BCUT2D eigenvalue weighted by atomic mass is 28.4. The van der Waals surface area contributed by atoms with Gasteiger partial charge in [-0.05, 0) is 61.4 Å². The van der Waals surface area contributed by atoms with Crippen LogP contribution in [-0.2, 0) is 13.6 Å². The smallest absolute Gasteiger partial charge is 0.192 e. The summed E-state index contributed by atoms with van der Waals surface area (Å²) in [6.07, 6.45) is 13.0. The van der Waals surface area contributed by atoms with Crippen molar-refractivity contribution in [1.29, 1.82) is 0 Å². The van der Waals surface area contributed by atoms with Crippen molar-refractivity contribution < 1.29 is 13.6 Å². The summed E-state index contributed by atoms with van der Waals surface area (Å²) in [7, 11) is -3.87. The first kappa shape index (κ1) is 28.7. The summed E-state index contributed by atoms with van der Waals surface area (Å²) in [5.74, 6) is 1.00. The lowest BCUT2D eigenvalue weighted by Gasteiger charge is -2.41. The Morgan fingerprint density at radius 2 is 1.55 bits per heavy atom. The lowest BCUT2D eigenvalue weighted by molar-refractivity contribution is -0.121. The molecular formula is C28H52O3Si2. The third-order valence-corrected chi connectivity index (χ3v) is 18.0. The molecule has 0 aromatic heterocycles. The second kappa shape index (κ2) is 10.6. The summed E-state index contributed by atoms with van der Waals surface area (Å²) >= 11 is 0. The summed E-state index contributed by atoms with van der Waals surface area (Å²) in [6, 6.07) is 0. The van der Waals surface area contributed by atoms with Crippen LogP contribution in [0.1, 0.15) is 80.1 Å². The molecule has 2 saturated carbocycles. The minimum absolute atomic E-state index is 0.0226. The van der Waals surface area contributed by atoms with Crippen LogP contribution in [0.25, 0.3) is 0 Å². The Kier molecular flexibility index (Phi) is 9.26. The van der Waals surface area contributed by atoms with Gasteiger partial charge in [-0.3, -0.25) is 4.79 Å². The van der Waals surface area contributed by atoms with E-state index in [2.05, 4.69) is 86.5 Å². The van der Waals surface area contributed by atoms with Crippen molar-refractivity contribution in [3.8, 4) is 0 Å². The quantitative estimate of drug-likeness (QED) is 0.240. The molecule has 2 aliphatic carbocycles. The van der Waals surface area contributed by atoms with Gasteiger partial charge in [0.2, 0.25) is 0 Å². The van der Waals surface area contributed by atoms with Gasteiger partial charge in [0.05, 0.1) is 12.2 Å². The van der Waals surface area contributed by atoms with Gasteiger partial charge < -0.3 is 8.85 Å². The topological polar surface area (TPSA) is 35.5 Å². The van der Waals surface area contributed by atoms with Gasteiger partial charge in [0, 0.05) is 18.3 Å². The molecule has 33 heavy (non-hydrogen) atoms. The van der Waals surface area contributed by atoms with Gasteiger partial charge in [-0.15, -0.1) is 6.58 Å². The Labute approximate surface area is 207 Å². The molecule has 0 aromatic rings. The predicted molar refractivity (Wildman–Crippen MR) is 147 cm³/mol. The van der Waals surface area contributed by atoms with E-state index in [0.717, 1.165) is 6.42 Å². The van der Waals surface area contributed by atoms with Gasteiger partial charge in [0.1, 0.15) is 5.78 Å². The van der Waals surface area contributed by atoms with Crippen molar-refractivity contribution in [1.82, 2.24) is 0 Å². The van der Waals surface area contributed by atoms with Gasteiger partial charge in [0.15, 0.2) is 16.6 Å². The first-order valence-electron chi connectivity index (χ1n) is 13.2. The van der Waals surface area contributed by atoms with E-state index in [1.807, 2.05) is 6.08 Å². The maximum Gasteiger partial charge on any atom is 0.192 e. The van der Waals surface area contributed by atoms with Crippen LogP contribution in [-0.4, -0.2) is 34.6 Å². The van der Waals surface area contributed by atoms with Crippen molar-refractivity contribution in [2.45, 2.75) is 129 Å². The highest BCUT2D eigenvalue weighted by molar-refractivity contribution is 6.74. The molecule has 2 rings (SSSR count). The van der Waals surface area contributed by atoms with Crippen LogP contribution < -0.4 is 0 Å². The summed E-state index contributed by atoms with van der Waals surface area (Å²) in [6.45, 7) is 27.0. The van der Waals surface area contributed by atoms with E-state index in [1.54, 1.807) is 0 Å². The fourth-order valence-corrected chi connectivity index (χ4v) is 7.35. The molecule has 0 radical (unpaired) electrons. The van der Waals surface area contributed by atoms with Crippen LogP contribution in [0.5, 0.6) is 0 Å². The van der Waals surface area contributed by atoms with Gasteiger partial charge in [0.25, 0.3) is 0 Å². The van der Waals surface area contributed by atoms with E-state index < -0.39 is 16.6 Å². The molecule has 5 heteroatoms. The SMILES string of the molecule is C=CC[C@H]1C(=O)C[C@@H](O[Si](C)(C)C(C)(C)C)[C@@H]1C=C[C@@H](O[Si](C)(C)C(C)(C)C)C1CCCC1. The Bertz CT molecular complexity index is 706. The number of Topliss-reactive ketones (excluding diaryl/α,β-unsaturated/α-hetero) is 1. The van der Waals surface area contributed by atoms with E-state index >= 15 is 0 Å². The molecule has 0 heterocycles. The van der Waals surface area contributed by atoms with Crippen LogP contribution in [0.3, 0.4) is 0 Å². The molecule has 0 amide bonds. The largest absolute Gasteiger partial charge is 0.413 e. The van der Waals surface area contributed by atoms with Gasteiger partial charge in [-0.1, -0.05) is 72.6 Å². The van der Waals surface area contributed by atoms with E-state index in [4.69, 9.17) is 8.85 Å². The fraction of sp³-hybridized carbons (Fsp3) is 0.821. The Balaban J connectivity index is 2.34. The standard InChI is InChI=1S/C28H52O3Si2/c1-12-15-22-23(26(20-24(22)29)31-33(10,11)28(5,6)7)18-19-25(21-16-13-14-17-21)30-32(8,9)27(2,3)4/h12,18-19,21-23,25-26H,1,13-17,20H2,2-11H3/t22-,23-,25-,26-/m1/s1. The number of hydrogen-bond acceptors (Lipinski definition) is 3. The van der Waals surface area contributed by atoms with Crippen molar-refractivity contribution in [2.75, 3.05) is 0 Å². The van der Waals surface area contributed by atoms with E-state index in [1.165, 1.54) is 25.7 Å². The minimum Gasteiger partial charge on any atom is -0.413 e. The molecule has 0 bridgehead atoms. The zero-order valence-electron chi connectivity index (χ0n) is 23.3. The third kappa shape index (κ3) is 7.02. The minimum atomic E-state index is -1.98. The van der Waals surface area contributed by atoms with Crippen LogP contribution in [0.2, 0.25) is 36.3 Å². The summed E-state index contributed by atoms with van der Waals surface area (Å²) in [5.41, 5.74) is 0. The number of carbonyl (C=O) groups excluding carboxylic acids is 1. The maximum absolute atomic E-state index is 13.0. The van der Waals surface area contributed by atoms with Crippen molar-refractivity contribution in [3.63, 3.8) is 0 Å². The molecule has 2 aliphatic rings. The summed E-state index contributed by atoms with van der Waals surface area (Å²) in [5, 5.41) is 0.305. The lowest BCUT2D eigenvalue weighted by atomic mass is 9.89. The number of hydrogen-bond donors (Lipinski definition) is 0. The highest BCUT2D eigenvalue weighted by Gasteiger charge is 2.47. The molecule has 4 atom stereocenters. The van der Waals surface area contributed by atoms with Crippen LogP contribution >= 0.6 is 0 Å².